The Hall–Kier alpha value is -1.95. The highest BCUT2D eigenvalue weighted by molar-refractivity contribution is 5.24. The van der Waals surface area contributed by atoms with Crippen LogP contribution in [0.25, 0.3) is 0 Å². The summed E-state index contributed by atoms with van der Waals surface area (Å²) in [5, 5.41) is 4.02. The van der Waals surface area contributed by atoms with E-state index >= 15 is 0 Å². The summed E-state index contributed by atoms with van der Waals surface area (Å²) < 4.78 is 24.7. The molecule has 3 rings (SSSR count). The Labute approximate surface area is 128 Å². The van der Waals surface area contributed by atoms with Gasteiger partial charge in [0.05, 0.1) is 5.54 Å². The molecule has 1 heterocycles. The van der Waals surface area contributed by atoms with Crippen LogP contribution in [0.2, 0.25) is 0 Å². The summed E-state index contributed by atoms with van der Waals surface area (Å²) in [5.74, 6) is 0.636. The van der Waals surface area contributed by atoms with Gasteiger partial charge in [0.15, 0.2) is 23.5 Å². The number of benzene rings is 1. The van der Waals surface area contributed by atoms with Crippen molar-refractivity contribution in [3.8, 4) is 5.75 Å². The summed E-state index contributed by atoms with van der Waals surface area (Å²) in [4.78, 5) is 4.41. The zero-order valence-electron chi connectivity index (χ0n) is 12.6. The molecule has 1 saturated carbocycles. The van der Waals surface area contributed by atoms with E-state index in [1.54, 1.807) is 18.2 Å². The second-order valence-electron chi connectivity index (χ2n) is 5.76. The average Bonchev–Trinajstić information content (AvgIpc) is 3.16. The van der Waals surface area contributed by atoms with Crippen LogP contribution < -0.4 is 10.5 Å². The molecule has 1 aromatic carbocycles. The molecule has 6 heteroatoms. The zero-order chi connectivity index (χ0) is 15.6. The molecule has 2 N–H and O–H groups in total. The van der Waals surface area contributed by atoms with Gasteiger partial charge in [0.1, 0.15) is 0 Å². The molecule has 1 atom stereocenters. The van der Waals surface area contributed by atoms with Gasteiger partial charge in [0, 0.05) is 0 Å². The lowest BCUT2D eigenvalue weighted by Gasteiger charge is -2.18. The number of hydrogen-bond donors (Lipinski definition) is 1. The Morgan fingerprint density at radius 1 is 1.36 bits per heavy atom. The highest BCUT2D eigenvalue weighted by atomic mass is 19.1. The highest BCUT2D eigenvalue weighted by Crippen LogP contribution is 2.35. The molecule has 0 aliphatic heterocycles. The van der Waals surface area contributed by atoms with E-state index in [4.69, 9.17) is 15.0 Å². The van der Waals surface area contributed by atoms with Gasteiger partial charge in [-0.2, -0.15) is 4.98 Å². The fraction of sp³-hybridized carbons (Fsp3) is 0.500. The van der Waals surface area contributed by atoms with E-state index in [-0.39, 0.29) is 5.75 Å². The number of ether oxygens (including phenoxy) is 1. The second-order valence-corrected chi connectivity index (χ2v) is 5.76. The van der Waals surface area contributed by atoms with Crippen molar-refractivity contribution in [3.63, 3.8) is 0 Å². The largest absolute Gasteiger partial charge is 0.478 e. The lowest BCUT2D eigenvalue weighted by Crippen LogP contribution is -2.34. The molecule has 0 bridgehead atoms. The second kappa shape index (κ2) is 6.04. The smallest absolute Gasteiger partial charge is 0.267 e. The van der Waals surface area contributed by atoms with E-state index in [2.05, 4.69) is 10.1 Å². The predicted octanol–water partition coefficient (Wildman–Crippen LogP) is 3.47. The minimum atomic E-state index is -0.502. The van der Waals surface area contributed by atoms with Gasteiger partial charge in [-0.15, -0.1) is 0 Å². The Bertz CT molecular complexity index is 638. The summed E-state index contributed by atoms with van der Waals surface area (Å²) >= 11 is 0. The SMILES string of the molecule is CCC(Oc1ccccc1F)c1nc(C2(N)CCCC2)no1. The van der Waals surface area contributed by atoms with Gasteiger partial charge >= 0.3 is 0 Å². The molecular weight excluding hydrogens is 285 g/mol. The minimum absolute atomic E-state index is 0.178. The van der Waals surface area contributed by atoms with Crippen LogP contribution in [0, 0.1) is 5.82 Å². The number of halogens is 1. The number of nitrogens with zero attached hydrogens (tertiary/aromatic N) is 2. The van der Waals surface area contributed by atoms with E-state index in [0.29, 0.717) is 18.1 Å². The van der Waals surface area contributed by atoms with Crippen LogP contribution in [0.5, 0.6) is 5.75 Å². The average molecular weight is 305 g/mol. The minimum Gasteiger partial charge on any atom is -0.478 e. The Morgan fingerprint density at radius 3 is 2.77 bits per heavy atom. The lowest BCUT2D eigenvalue weighted by atomic mass is 9.99. The Morgan fingerprint density at radius 2 is 2.09 bits per heavy atom. The molecule has 0 saturated heterocycles. The van der Waals surface area contributed by atoms with Crippen molar-refractivity contribution < 1.29 is 13.7 Å². The van der Waals surface area contributed by atoms with Crippen LogP contribution in [0.3, 0.4) is 0 Å². The molecule has 5 nitrogen and oxygen atoms in total. The summed E-state index contributed by atoms with van der Waals surface area (Å²) in [6.07, 6.45) is 3.97. The molecule has 1 aliphatic rings. The Kier molecular flexibility index (Phi) is 4.11. The normalized spacial score (nSPS) is 18.3. The fourth-order valence-electron chi connectivity index (χ4n) is 2.80. The van der Waals surface area contributed by atoms with Gasteiger partial charge in [0.2, 0.25) is 0 Å². The van der Waals surface area contributed by atoms with Crippen molar-refractivity contribution in [2.45, 2.75) is 50.7 Å². The third-order valence-electron chi connectivity index (χ3n) is 4.13. The molecule has 0 radical (unpaired) electrons. The van der Waals surface area contributed by atoms with Crippen LogP contribution in [-0.2, 0) is 5.54 Å². The number of para-hydroxylation sites is 1. The van der Waals surface area contributed by atoms with Crippen molar-refractivity contribution in [1.29, 1.82) is 0 Å². The molecule has 0 spiro atoms. The first-order valence-corrected chi connectivity index (χ1v) is 7.66. The van der Waals surface area contributed by atoms with Crippen molar-refractivity contribution in [3.05, 3.63) is 41.8 Å². The maximum atomic E-state index is 13.7. The van der Waals surface area contributed by atoms with Crippen molar-refractivity contribution in [2.75, 3.05) is 0 Å². The van der Waals surface area contributed by atoms with E-state index in [9.17, 15) is 4.39 Å². The number of rotatable bonds is 5. The van der Waals surface area contributed by atoms with Gasteiger partial charge < -0.3 is 15.0 Å². The first-order valence-electron chi connectivity index (χ1n) is 7.66. The van der Waals surface area contributed by atoms with Gasteiger partial charge in [-0.1, -0.05) is 37.1 Å². The highest BCUT2D eigenvalue weighted by Gasteiger charge is 2.36. The predicted molar refractivity (Wildman–Crippen MR) is 78.7 cm³/mol. The summed E-state index contributed by atoms with van der Waals surface area (Å²) in [6, 6.07) is 6.27. The summed E-state index contributed by atoms with van der Waals surface area (Å²) in [7, 11) is 0. The molecular formula is C16H20FN3O2. The molecule has 1 aromatic heterocycles. The lowest BCUT2D eigenvalue weighted by molar-refractivity contribution is 0.148. The first-order chi connectivity index (χ1) is 10.6. The fourth-order valence-corrected chi connectivity index (χ4v) is 2.80. The number of aromatic nitrogens is 2. The van der Waals surface area contributed by atoms with Gasteiger partial charge in [-0.05, 0) is 31.4 Å². The standard InChI is InChI=1S/C16H20FN3O2/c1-2-12(21-13-8-4-3-7-11(13)17)14-19-15(20-22-14)16(18)9-5-6-10-16/h3-4,7-8,12H,2,5-6,9-10,18H2,1H3. The molecule has 1 unspecified atom stereocenters. The van der Waals surface area contributed by atoms with Crippen molar-refractivity contribution >= 4 is 0 Å². The van der Waals surface area contributed by atoms with Crippen LogP contribution in [-0.4, -0.2) is 10.1 Å². The van der Waals surface area contributed by atoms with E-state index < -0.39 is 17.5 Å². The third kappa shape index (κ3) is 2.83. The molecule has 1 fully saturated rings. The van der Waals surface area contributed by atoms with Gasteiger partial charge in [0.25, 0.3) is 5.89 Å². The van der Waals surface area contributed by atoms with Crippen LogP contribution >= 0.6 is 0 Å². The first kappa shape index (κ1) is 15.0. The quantitative estimate of drug-likeness (QED) is 0.915. The van der Waals surface area contributed by atoms with Crippen molar-refractivity contribution in [1.82, 2.24) is 10.1 Å². The molecule has 118 valence electrons. The number of hydrogen-bond acceptors (Lipinski definition) is 5. The topological polar surface area (TPSA) is 74.2 Å². The third-order valence-corrected chi connectivity index (χ3v) is 4.13. The maximum absolute atomic E-state index is 13.7. The van der Waals surface area contributed by atoms with Gasteiger partial charge in [-0.25, -0.2) is 4.39 Å². The van der Waals surface area contributed by atoms with E-state index in [1.807, 2.05) is 6.92 Å². The van der Waals surface area contributed by atoms with E-state index in [1.165, 1.54) is 6.07 Å². The summed E-state index contributed by atoms with van der Waals surface area (Å²) in [5.41, 5.74) is 5.82. The molecule has 0 amide bonds. The maximum Gasteiger partial charge on any atom is 0.267 e. The van der Waals surface area contributed by atoms with Crippen LogP contribution in [0.15, 0.2) is 28.8 Å². The molecule has 2 aromatic rings. The van der Waals surface area contributed by atoms with E-state index in [0.717, 1.165) is 25.7 Å². The molecule has 1 aliphatic carbocycles. The Balaban J connectivity index is 1.80. The zero-order valence-corrected chi connectivity index (χ0v) is 12.6. The van der Waals surface area contributed by atoms with Crippen molar-refractivity contribution in [2.24, 2.45) is 5.73 Å². The number of nitrogens with two attached hydrogens (primary N) is 1. The monoisotopic (exact) mass is 305 g/mol. The molecule has 22 heavy (non-hydrogen) atoms. The summed E-state index contributed by atoms with van der Waals surface area (Å²) in [6.45, 7) is 1.92. The van der Waals surface area contributed by atoms with Crippen LogP contribution in [0.4, 0.5) is 4.39 Å². The van der Waals surface area contributed by atoms with Gasteiger partial charge in [-0.3, -0.25) is 0 Å². The van der Waals surface area contributed by atoms with Crippen LogP contribution in [0.1, 0.15) is 56.8 Å².